The zero-order valence-electron chi connectivity index (χ0n) is 19.0. The molecule has 0 saturated carbocycles. The Bertz CT molecular complexity index is 1020. The Labute approximate surface area is 186 Å². The molecule has 6 heteroatoms. The maximum Gasteiger partial charge on any atom is 0.223 e. The fraction of sp³-hybridized carbons (Fsp3) is 0.480. The molecule has 1 N–H and O–H groups in total. The van der Waals surface area contributed by atoms with Crippen LogP contribution >= 0.6 is 0 Å². The Morgan fingerprint density at radius 2 is 1.71 bits per heavy atom. The van der Waals surface area contributed by atoms with Gasteiger partial charge in [-0.05, 0) is 67.9 Å². The number of nitrogens with one attached hydrogen (secondary N) is 1. The van der Waals surface area contributed by atoms with E-state index < -0.39 is 10.0 Å². The molecule has 5 nitrogen and oxygen atoms in total. The minimum absolute atomic E-state index is 0.0151. The molecule has 1 aliphatic heterocycles. The van der Waals surface area contributed by atoms with Crippen molar-refractivity contribution in [1.82, 2.24) is 9.62 Å². The van der Waals surface area contributed by atoms with E-state index in [4.69, 9.17) is 0 Å². The number of rotatable bonds is 7. The van der Waals surface area contributed by atoms with Crippen LogP contribution in [0.4, 0.5) is 0 Å². The molecule has 31 heavy (non-hydrogen) atoms. The number of aryl methyl sites for hydroxylation is 3. The third kappa shape index (κ3) is 5.74. The van der Waals surface area contributed by atoms with Crippen molar-refractivity contribution >= 4 is 15.9 Å². The van der Waals surface area contributed by atoms with Gasteiger partial charge in [0.05, 0.1) is 11.8 Å². The van der Waals surface area contributed by atoms with E-state index in [1.54, 1.807) is 4.31 Å². The van der Waals surface area contributed by atoms with Crippen molar-refractivity contribution in [1.29, 1.82) is 0 Å². The van der Waals surface area contributed by atoms with Gasteiger partial charge in [0.1, 0.15) is 0 Å². The van der Waals surface area contributed by atoms with Crippen molar-refractivity contribution in [2.75, 3.05) is 13.1 Å². The first-order valence-electron chi connectivity index (χ1n) is 11.1. The lowest BCUT2D eigenvalue weighted by Crippen LogP contribution is -2.44. The summed E-state index contributed by atoms with van der Waals surface area (Å²) < 4.78 is 27.3. The van der Waals surface area contributed by atoms with Crippen LogP contribution in [0.3, 0.4) is 0 Å². The van der Waals surface area contributed by atoms with Gasteiger partial charge in [0.15, 0.2) is 0 Å². The molecule has 1 atom stereocenters. The molecule has 1 aliphatic rings. The summed E-state index contributed by atoms with van der Waals surface area (Å²) in [5, 5.41) is 3.19. The lowest BCUT2D eigenvalue weighted by atomic mass is 9.95. The largest absolute Gasteiger partial charge is 0.349 e. The van der Waals surface area contributed by atoms with Crippen molar-refractivity contribution in [3.8, 4) is 0 Å². The van der Waals surface area contributed by atoms with Gasteiger partial charge in [0.2, 0.25) is 15.9 Å². The topological polar surface area (TPSA) is 66.5 Å². The van der Waals surface area contributed by atoms with Crippen LogP contribution in [-0.2, 0) is 20.6 Å². The molecule has 0 bridgehead atoms. The fourth-order valence-corrected chi connectivity index (χ4v) is 5.81. The Hall–Kier alpha value is -2.18. The monoisotopic (exact) mass is 442 g/mol. The van der Waals surface area contributed by atoms with Gasteiger partial charge >= 0.3 is 0 Å². The number of hydrogen-bond acceptors (Lipinski definition) is 3. The van der Waals surface area contributed by atoms with Crippen LogP contribution in [0.5, 0.6) is 0 Å². The van der Waals surface area contributed by atoms with E-state index in [0.29, 0.717) is 25.9 Å². The van der Waals surface area contributed by atoms with Gasteiger partial charge in [0.25, 0.3) is 0 Å². The third-order valence-corrected chi connectivity index (χ3v) is 8.30. The first-order chi connectivity index (χ1) is 14.7. The van der Waals surface area contributed by atoms with Crippen LogP contribution in [0.15, 0.2) is 42.5 Å². The molecular formula is C25H34N2O3S. The van der Waals surface area contributed by atoms with E-state index in [0.717, 1.165) is 23.1 Å². The smallest absolute Gasteiger partial charge is 0.223 e. The molecule has 1 amide bonds. The van der Waals surface area contributed by atoms with Crippen molar-refractivity contribution in [2.45, 2.75) is 58.8 Å². The highest BCUT2D eigenvalue weighted by Gasteiger charge is 2.32. The van der Waals surface area contributed by atoms with Crippen LogP contribution in [0.2, 0.25) is 0 Å². The summed E-state index contributed by atoms with van der Waals surface area (Å²) in [6.45, 7) is 8.96. The Balaban J connectivity index is 1.58. The summed E-state index contributed by atoms with van der Waals surface area (Å²) in [6.07, 6.45) is 1.93. The lowest BCUT2D eigenvalue weighted by Gasteiger charge is -2.31. The molecule has 1 heterocycles. The van der Waals surface area contributed by atoms with Gasteiger partial charge in [0, 0.05) is 19.0 Å². The summed E-state index contributed by atoms with van der Waals surface area (Å²) in [5.41, 5.74) is 5.40. The minimum Gasteiger partial charge on any atom is -0.349 e. The van der Waals surface area contributed by atoms with Crippen LogP contribution in [0.1, 0.15) is 60.0 Å². The van der Waals surface area contributed by atoms with Crippen molar-refractivity contribution in [3.05, 3.63) is 70.3 Å². The zero-order chi connectivity index (χ0) is 22.6. The highest BCUT2D eigenvalue weighted by atomic mass is 32.2. The van der Waals surface area contributed by atoms with Crippen molar-refractivity contribution in [2.24, 2.45) is 5.92 Å². The second-order valence-electron chi connectivity index (χ2n) is 8.67. The van der Waals surface area contributed by atoms with Crippen molar-refractivity contribution in [3.63, 3.8) is 0 Å². The highest BCUT2D eigenvalue weighted by Crippen LogP contribution is 2.25. The molecule has 0 aliphatic carbocycles. The number of carbonyl (C=O) groups excluding carboxylic acids is 1. The molecule has 2 aromatic rings. The number of hydrogen-bond donors (Lipinski definition) is 1. The van der Waals surface area contributed by atoms with E-state index in [-0.39, 0.29) is 23.6 Å². The second-order valence-corrected chi connectivity index (χ2v) is 10.6. The van der Waals surface area contributed by atoms with E-state index >= 15 is 0 Å². The summed E-state index contributed by atoms with van der Waals surface area (Å²) in [7, 11) is -3.39. The molecule has 1 fully saturated rings. The maximum atomic E-state index is 12.9. The third-order valence-electron chi connectivity index (χ3n) is 6.48. The quantitative estimate of drug-likeness (QED) is 0.690. The Kier molecular flexibility index (Phi) is 7.55. The van der Waals surface area contributed by atoms with E-state index in [2.05, 4.69) is 44.3 Å². The number of sulfonamides is 1. The number of benzene rings is 2. The maximum absolute atomic E-state index is 12.9. The molecule has 168 valence electrons. The molecule has 2 aromatic carbocycles. The number of nitrogens with zero attached hydrogens (tertiary/aromatic N) is 1. The average Bonchev–Trinajstić information content (AvgIpc) is 2.75. The van der Waals surface area contributed by atoms with Gasteiger partial charge in [-0.15, -0.1) is 0 Å². The summed E-state index contributed by atoms with van der Waals surface area (Å²) in [4.78, 5) is 12.9. The molecule has 0 spiro atoms. The molecule has 0 unspecified atom stereocenters. The molecule has 0 radical (unpaired) electrons. The van der Waals surface area contributed by atoms with Gasteiger partial charge in [-0.25, -0.2) is 12.7 Å². The second kappa shape index (κ2) is 9.96. The minimum atomic E-state index is -3.39. The van der Waals surface area contributed by atoms with Crippen molar-refractivity contribution < 1.29 is 13.2 Å². The van der Waals surface area contributed by atoms with Crippen LogP contribution in [0, 0.1) is 26.7 Å². The molecule has 1 saturated heterocycles. The summed E-state index contributed by atoms with van der Waals surface area (Å²) >= 11 is 0. The number of amides is 1. The Morgan fingerprint density at radius 3 is 2.32 bits per heavy atom. The zero-order valence-corrected chi connectivity index (χ0v) is 19.8. The number of carbonyl (C=O) groups is 1. The first-order valence-corrected chi connectivity index (χ1v) is 12.7. The molecule has 3 rings (SSSR count). The van der Waals surface area contributed by atoms with E-state index in [1.165, 1.54) is 11.1 Å². The van der Waals surface area contributed by atoms with E-state index in [1.807, 2.05) is 31.2 Å². The Morgan fingerprint density at radius 1 is 1.03 bits per heavy atom. The van der Waals surface area contributed by atoms with Crippen LogP contribution in [0.25, 0.3) is 0 Å². The predicted octanol–water partition coefficient (Wildman–Crippen LogP) is 4.42. The molecule has 0 aromatic heterocycles. The standard InChI is InChI=1S/C25H34N2O3S/c1-5-24(22-11-10-18(2)20(4)16-22)26-25(28)21-12-14-27(15-13-21)31(29,30)17-23-9-7-6-8-19(23)3/h6-11,16,21,24H,5,12-15,17H2,1-4H3,(H,26,28)/t24-/m1/s1. The van der Waals surface area contributed by atoms with E-state index in [9.17, 15) is 13.2 Å². The average molecular weight is 443 g/mol. The molecular weight excluding hydrogens is 408 g/mol. The first kappa shape index (κ1) is 23.5. The SMILES string of the molecule is CC[C@@H](NC(=O)C1CCN(S(=O)(=O)Cc2ccccc2C)CC1)c1ccc(C)c(C)c1. The normalized spacial score (nSPS) is 16.8. The summed E-state index contributed by atoms with van der Waals surface area (Å²) in [6, 6.07) is 13.9. The summed E-state index contributed by atoms with van der Waals surface area (Å²) in [5.74, 6) is -0.104. The lowest BCUT2D eigenvalue weighted by molar-refractivity contribution is -0.126. The van der Waals surface area contributed by atoms with Gasteiger partial charge in [-0.3, -0.25) is 4.79 Å². The predicted molar refractivity (Wildman–Crippen MR) is 125 cm³/mol. The van der Waals surface area contributed by atoms with Crippen LogP contribution in [-0.4, -0.2) is 31.7 Å². The van der Waals surface area contributed by atoms with Crippen LogP contribution < -0.4 is 5.32 Å². The van der Waals surface area contributed by atoms with Gasteiger partial charge in [-0.1, -0.05) is 49.4 Å². The van der Waals surface area contributed by atoms with Gasteiger partial charge in [-0.2, -0.15) is 0 Å². The number of piperidine rings is 1. The van der Waals surface area contributed by atoms with Gasteiger partial charge < -0.3 is 5.32 Å². The highest BCUT2D eigenvalue weighted by molar-refractivity contribution is 7.88. The fourth-order valence-electron chi connectivity index (χ4n) is 4.15.